The van der Waals surface area contributed by atoms with Crippen LogP contribution in [-0.2, 0) is 27.7 Å². The van der Waals surface area contributed by atoms with Gasteiger partial charge in [-0.1, -0.05) is 87.4 Å². The number of carbonyl (C=O) groups is 2. The van der Waals surface area contributed by atoms with Crippen LogP contribution in [0.4, 0.5) is 5.69 Å². The van der Waals surface area contributed by atoms with Gasteiger partial charge in [-0.25, -0.2) is 18.4 Å². The number of hydrogen-bond acceptors (Lipinski definition) is 6. The molecular weight excluding hydrogens is 581 g/mol. The molecule has 0 aliphatic carbocycles. The summed E-state index contributed by atoms with van der Waals surface area (Å²) in [6.45, 7) is 8.54. The standard InChI is InChI=1S/C34H38N2O5S2/c1-5-6-20-41-33(38)31-29(21-23(2)3)42-34(43(35,39)40)30(31)26-16-14-25(15-17-26)22-36(28-18-12-24(4)13-19-28)32(37)27-10-8-7-9-11-27/h7-19,23H,5-6,20-22H2,1-4H3,(H2,35,39,40). The first-order valence-corrected chi connectivity index (χ1v) is 16.7. The van der Waals surface area contributed by atoms with Crippen molar-refractivity contribution >= 4 is 38.9 Å². The Morgan fingerprint density at radius 2 is 1.60 bits per heavy atom. The second-order valence-corrected chi connectivity index (χ2v) is 13.8. The van der Waals surface area contributed by atoms with Gasteiger partial charge in [0.25, 0.3) is 5.91 Å². The predicted octanol–water partition coefficient (Wildman–Crippen LogP) is 7.37. The molecule has 226 valence electrons. The van der Waals surface area contributed by atoms with Crippen molar-refractivity contribution in [3.8, 4) is 11.1 Å². The molecule has 1 amide bonds. The van der Waals surface area contributed by atoms with E-state index in [0.717, 1.165) is 34.6 Å². The number of esters is 1. The molecule has 2 N–H and O–H groups in total. The molecule has 4 aromatic rings. The Balaban J connectivity index is 1.75. The average molecular weight is 619 g/mol. The lowest BCUT2D eigenvalue weighted by atomic mass is 9.98. The first-order valence-electron chi connectivity index (χ1n) is 14.4. The smallest absolute Gasteiger partial charge is 0.339 e. The molecule has 0 spiro atoms. The molecule has 0 fully saturated rings. The summed E-state index contributed by atoms with van der Waals surface area (Å²) in [7, 11) is -4.13. The number of rotatable bonds is 12. The summed E-state index contributed by atoms with van der Waals surface area (Å²) in [5.74, 6) is -0.508. The van der Waals surface area contributed by atoms with Crippen LogP contribution in [0.25, 0.3) is 11.1 Å². The average Bonchev–Trinajstić information content (AvgIpc) is 3.36. The minimum atomic E-state index is -4.13. The molecule has 0 aliphatic heterocycles. The molecule has 0 saturated heterocycles. The van der Waals surface area contributed by atoms with Gasteiger partial charge in [0.1, 0.15) is 4.21 Å². The number of anilines is 1. The molecule has 0 saturated carbocycles. The monoisotopic (exact) mass is 618 g/mol. The molecule has 4 rings (SSSR count). The second kappa shape index (κ2) is 14.1. The van der Waals surface area contributed by atoms with Crippen LogP contribution >= 0.6 is 11.3 Å². The van der Waals surface area contributed by atoms with E-state index >= 15 is 0 Å². The van der Waals surface area contributed by atoms with E-state index in [2.05, 4.69) is 0 Å². The van der Waals surface area contributed by atoms with Gasteiger partial charge in [-0.2, -0.15) is 0 Å². The third-order valence-electron chi connectivity index (χ3n) is 6.93. The van der Waals surface area contributed by atoms with Crippen molar-refractivity contribution in [1.82, 2.24) is 0 Å². The highest BCUT2D eigenvalue weighted by molar-refractivity contribution is 7.91. The Labute approximate surface area is 258 Å². The van der Waals surface area contributed by atoms with E-state index < -0.39 is 16.0 Å². The zero-order chi connectivity index (χ0) is 31.1. The number of sulfonamides is 1. The SMILES string of the molecule is CCCCOC(=O)c1c(CC(C)C)sc(S(N)(=O)=O)c1-c1ccc(CN(C(=O)c2ccccc2)c2ccc(C)cc2)cc1. The summed E-state index contributed by atoms with van der Waals surface area (Å²) in [6.07, 6.45) is 2.08. The van der Waals surface area contributed by atoms with Crippen LogP contribution in [-0.4, -0.2) is 26.9 Å². The van der Waals surface area contributed by atoms with Crippen LogP contribution in [0.3, 0.4) is 0 Å². The van der Waals surface area contributed by atoms with Gasteiger partial charge >= 0.3 is 5.97 Å². The van der Waals surface area contributed by atoms with Gasteiger partial charge in [0.2, 0.25) is 10.0 Å². The number of amides is 1. The number of nitrogens with zero attached hydrogens (tertiary/aromatic N) is 1. The van der Waals surface area contributed by atoms with E-state index in [9.17, 15) is 18.0 Å². The first kappa shape index (κ1) is 32.1. The van der Waals surface area contributed by atoms with Crippen LogP contribution in [0.1, 0.15) is 70.3 Å². The Morgan fingerprint density at radius 1 is 0.953 bits per heavy atom. The lowest BCUT2D eigenvalue weighted by Crippen LogP contribution is -2.30. The van der Waals surface area contributed by atoms with Crippen LogP contribution in [0, 0.1) is 12.8 Å². The van der Waals surface area contributed by atoms with Crippen molar-refractivity contribution in [3.63, 3.8) is 0 Å². The van der Waals surface area contributed by atoms with Gasteiger partial charge in [0.15, 0.2) is 0 Å². The third-order valence-corrected chi connectivity index (χ3v) is 9.61. The maximum atomic E-state index is 13.6. The van der Waals surface area contributed by atoms with Crippen LogP contribution in [0.2, 0.25) is 0 Å². The number of unbranched alkanes of at least 4 members (excludes halogenated alkanes) is 1. The highest BCUT2D eigenvalue weighted by Crippen LogP contribution is 2.41. The zero-order valence-corrected chi connectivity index (χ0v) is 26.6. The predicted molar refractivity (Wildman–Crippen MR) is 173 cm³/mol. The lowest BCUT2D eigenvalue weighted by molar-refractivity contribution is 0.0499. The van der Waals surface area contributed by atoms with Crippen molar-refractivity contribution < 1.29 is 22.7 Å². The number of ether oxygens (including phenoxy) is 1. The maximum absolute atomic E-state index is 13.6. The zero-order valence-electron chi connectivity index (χ0n) is 25.0. The molecule has 0 unspecified atom stereocenters. The fourth-order valence-corrected chi connectivity index (χ4v) is 7.25. The number of thiophene rings is 1. The van der Waals surface area contributed by atoms with Gasteiger partial charge in [-0.3, -0.25) is 4.79 Å². The van der Waals surface area contributed by atoms with E-state index in [1.807, 2.05) is 82.3 Å². The second-order valence-electron chi connectivity index (χ2n) is 11.0. The minimum absolute atomic E-state index is 0.0566. The van der Waals surface area contributed by atoms with Crippen LogP contribution in [0.5, 0.6) is 0 Å². The lowest BCUT2D eigenvalue weighted by Gasteiger charge is -2.23. The van der Waals surface area contributed by atoms with E-state index in [-0.39, 0.29) is 40.3 Å². The Morgan fingerprint density at radius 3 is 2.19 bits per heavy atom. The highest BCUT2D eigenvalue weighted by Gasteiger charge is 2.31. The summed E-state index contributed by atoms with van der Waals surface area (Å²) in [5, 5.41) is 5.68. The maximum Gasteiger partial charge on any atom is 0.339 e. The number of carbonyl (C=O) groups excluding carboxylic acids is 2. The summed E-state index contributed by atoms with van der Waals surface area (Å²) in [4.78, 5) is 29.3. The fraction of sp³-hybridized carbons (Fsp3) is 0.294. The van der Waals surface area contributed by atoms with Gasteiger partial charge in [0.05, 0.1) is 18.7 Å². The normalized spacial score (nSPS) is 11.5. The summed E-state index contributed by atoms with van der Waals surface area (Å²) >= 11 is 1.03. The molecule has 0 atom stereocenters. The van der Waals surface area contributed by atoms with Crippen molar-refractivity contribution in [1.29, 1.82) is 0 Å². The van der Waals surface area contributed by atoms with Crippen molar-refractivity contribution in [2.24, 2.45) is 11.1 Å². The number of aryl methyl sites for hydroxylation is 1. The van der Waals surface area contributed by atoms with Crippen molar-refractivity contribution in [2.75, 3.05) is 11.5 Å². The largest absolute Gasteiger partial charge is 0.462 e. The molecule has 1 aromatic heterocycles. The minimum Gasteiger partial charge on any atom is -0.462 e. The number of hydrogen-bond donors (Lipinski definition) is 1. The summed E-state index contributed by atoms with van der Waals surface area (Å²) < 4.78 is 31.0. The number of nitrogens with two attached hydrogens (primary N) is 1. The number of primary sulfonamides is 1. The van der Waals surface area contributed by atoms with Gasteiger partial charge in [0, 0.05) is 21.7 Å². The highest BCUT2D eigenvalue weighted by atomic mass is 32.2. The van der Waals surface area contributed by atoms with E-state index in [1.54, 1.807) is 29.2 Å². The van der Waals surface area contributed by atoms with E-state index in [4.69, 9.17) is 9.88 Å². The van der Waals surface area contributed by atoms with Crippen molar-refractivity contribution in [3.05, 3.63) is 106 Å². The molecule has 3 aromatic carbocycles. The van der Waals surface area contributed by atoms with Crippen LogP contribution in [0.15, 0.2) is 83.1 Å². The van der Waals surface area contributed by atoms with Gasteiger partial charge < -0.3 is 9.64 Å². The first-order chi connectivity index (χ1) is 20.5. The van der Waals surface area contributed by atoms with Gasteiger partial charge in [-0.15, -0.1) is 11.3 Å². The molecular formula is C34H38N2O5S2. The van der Waals surface area contributed by atoms with E-state index in [0.29, 0.717) is 28.8 Å². The quantitative estimate of drug-likeness (QED) is 0.132. The third kappa shape index (κ3) is 7.98. The summed E-state index contributed by atoms with van der Waals surface area (Å²) in [6, 6.07) is 24.1. The Hall–Kier alpha value is -3.79. The molecule has 9 heteroatoms. The molecule has 43 heavy (non-hydrogen) atoms. The molecule has 0 radical (unpaired) electrons. The molecule has 1 heterocycles. The van der Waals surface area contributed by atoms with E-state index in [1.165, 1.54) is 0 Å². The van der Waals surface area contributed by atoms with Crippen molar-refractivity contribution in [2.45, 2.75) is 57.7 Å². The Kier molecular flexibility index (Phi) is 10.6. The Bertz CT molecular complexity index is 1660. The fourth-order valence-electron chi connectivity index (χ4n) is 4.73. The summed E-state index contributed by atoms with van der Waals surface area (Å²) in [5.41, 5.74) is 4.31. The molecule has 7 nitrogen and oxygen atoms in total. The topological polar surface area (TPSA) is 107 Å². The number of benzene rings is 3. The van der Waals surface area contributed by atoms with Crippen LogP contribution < -0.4 is 10.0 Å². The van der Waals surface area contributed by atoms with Gasteiger partial charge in [-0.05, 0) is 61.1 Å². The molecule has 0 aliphatic rings. The molecule has 0 bridgehead atoms.